The van der Waals surface area contributed by atoms with Gasteiger partial charge in [0, 0.05) is 53.3 Å². The second-order valence-corrected chi connectivity index (χ2v) is 7.66. The molecule has 162 valence electrons. The number of nitrogens with zero attached hydrogens (tertiary/aromatic N) is 4. The number of carbonyl (C=O) groups is 1. The van der Waals surface area contributed by atoms with Gasteiger partial charge in [0.2, 0.25) is 0 Å². The van der Waals surface area contributed by atoms with Crippen LogP contribution in [0.5, 0.6) is 0 Å². The van der Waals surface area contributed by atoms with Crippen LogP contribution in [0.4, 0.5) is 22.0 Å². The van der Waals surface area contributed by atoms with Crippen LogP contribution in [0.1, 0.15) is 28.6 Å². The molecule has 3 N–H and O–H groups in total. The van der Waals surface area contributed by atoms with Crippen molar-refractivity contribution in [3.63, 3.8) is 0 Å². The largest absolute Gasteiger partial charge is 0.355 e. The van der Waals surface area contributed by atoms with Crippen molar-refractivity contribution in [1.82, 2.24) is 19.9 Å². The van der Waals surface area contributed by atoms with Crippen LogP contribution in [0.3, 0.4) is 0 Å². The molecule has 4 aromatic rings. The Balaban J connectivity index is 0.00000136. The Morgan fingerprint density at radius 2 is 1.97 bits per heavy atom. The average molecular weight is 420 g/mol. The van der Waals surface area contributed by atoms with E-state index < -0.39 is 0 Å². The van der Waals surface area contributed by atoms with Crippen LogP contribution in [0.2, 0.25) is 0 Å². The molecule has 31 heavy (non-hydrogen) atoms. The third kappa shape index (κ3) is 4.18. The van der Waals surface area contributed by atoms with Gasteiger partial charge in [0.25, 0.3) is 0 Å². The zero-order chi connectivity index (χ0) is 21.0. The molecule has 1 aliphatic rings. The Kier molecular flexibility index (Phi) is 5.18. The van der Waals surface area contributed by atoms with E-state index in [0.717, 1.165) is 48.5 Å². The Morgan fingerprint density at radius 1 is 1.10 bits per heavy atom. The van der Waals surface area contributed by atoms with Crippen molar-refractivity contribution in [3.8, 4) is 0 Å². The van der Waals surface area contributed by atoms with Crippen LogP contribution in [0.15, 0.2) is 67.4 Å². The standard InChI is InChI=1S/C23H23N7O.3H2/c31-23(28-18-6-9-24-10-7-18)29-19-5-1-3-16(13-19)17-4-2-12-30(14-17)22-20-8-11-25-21(20)26-15-27-22;;;/h1,3,5-11,13,15,17H,2,4,12,14H2,(H,25,26,27)(H2,24,28,29,31);3*1H. The molecule has 8 heteroatoms. The van der Waals surface area contributed by atoms with Crippen molar-refractivity contribution in [2.45, 2.75) is 18.8 Å². The quantitative estimate of drug-likeness (QED) is 0.426. The van der Waals surface area contributed by atoms with Crippen LogP contribution < -0.4 is 15.5 Å². The molecule has 2 amide bonds. The van der Waals surface area contributed by atoms with Gasteiger partial charge in [-0.25, -0.2) is 14.8 Å². The molecule has 0 bridgehead atoms. The third-order valence-electron chi connectivity index (χ3n) is 5.61. The zero-order valence-electron chi connectivity index (χ0n) is 17.0. The lowest BCUT2D eigenvalue weighted by atomic mass is 9.90. The van der Waals surface area contributed by atoms with E-state index in [2.05, 4.69) is 47.6 Å². The first-order valence-electron chi connectivity index (χ1n) is 10.4. The summed E-state index contributed by atoms with van der Waals surface area (Å²) in [5.74, 6) is 1.34. The summed E-state index contributed by atoms with van der Waals surface area (Å²) < 4.78 is 0. The van der Waals surface area contributed by atoms with Crippen molar-refractivity contribution < 1.29 is 9.07 Å². The fourth-order valence-corrected chi connectivity index (χ4v) is 4.15. The molecule has 1 aromatic carbocycles. The summed E-state index contributed by atoms with van der Waals surface area (Å²) in [5, 5.41) is 6.79. The molecular weight excluding hydrogens is 390 g/mol. The predicted octanol–water partition coefficient (Wildman–Crippen LogP) is 5.12. The summed E-state index contributed by atoms with van der Waals surface area (Å²) in [5.41, 5.74) is 3.55. The summed E-state index contributed by atoms with van der Waals surface area (Å²) in [6.07, 6.45) is 8.99. The number of anilines is 3. The zero-order valence-corrected chi connectivity index (χ0v) is 17.0. The highest BCUT2D eigenvalue weighted by atomic mass is 16.2. The van der Waals surface area contributed by atoms with Gasteiger partial charge >= 0.3 is 6.03 Å². The lowest BCUT2D eigenvalue weighted by molar-refractivity contribution is 0.262. The lowest BCUT2D eigenvalue weighted by Crippen LogP contribution is -2.35. The van der Waals surface area contributed by atoms with Crippen LogP contribution in [0.25, 0.3) is 11.0 Å². The number of H-pyrrole nitrogens is 1. The number of fused-ring (bicyclic) bond motifs is 1. The van der Waals surface area contributed by atoms with Gasteiger partial charge in [0.15, 0.2) is 0 Å². The first-order valence-corrected chi connectivity index (χ1v) is 10.4. The first kappa shape index (κ1) is 19.0. The highest BCUT2D eigenvalue weighted by Gasteiger charge is 2.24. The third-order valence-corrected chi connectivity index (χ3v) is 5.61. The van der Waals surface area contributed by atoms with Crippen molar-refractivity contribution in [3.05, 3.63) is 72.9 Å². The average Bonchev–Trinajstić information content (AvgIpc) is 3.29. The highest BCUT2D eigenvalue weighted by molar-refractivity contribution is 5.99. The van der Waals surface area contributed by atoms with E-state index in [1.54, 1.807) is 30.9 Å². The summed E-state index contributed by atoms with van der Waals surface area (Å²) in [4.78, 5) is 30.6. The number of piperidine rings is 1. The number of aromatic nitrogens is 4. The molecule has 0 spiro atoms. The van der Waals surface area contributed by atoms with Crippen LogP contribution in [0, 0.1) is 0 Å². The van der Waals surface area contributed by atoms with Gasteiger partial charge in [-0.05, 0) is 48.7 Å². The maximum absolute atomic E-state index is 12.3. The van der Waals surface area contributed by atoms with E-state index in [1.807, 2.05) is 24.4 Å². The van der Waals surface area contributed by atoms with E-state index in [0.29, 0.717) is 11.6 Å². The highest BCUT2D eigenvalue weighted by Crippen LogP contribution is 2.32. The topological polar surface area (TPSA) is 98.8 Å². The number of rotatable bonds is 4. The number of benzene rings is 1. The molecule has 1 unspecified atom stereocenters. The Labute approximate surface area is 184 Å². The normalized spacial score (nSPS) is 16.3. The summed E-state index contributed by atoms with van der Waals surface area (Å²) in [7, 11) is 0. The smallest absolute Gasteiger partial charge is 0.323 e. The molecule has 0 radical (unpaired) electrons. The van der Waals surface area contributed by atoms with E-state index in [1.165, 1.54) is 5.56 Å². The summed E-state index contributed by atoms with van der Waals surface area (Å²) in [6.45, 7) is 1.85. The Hall–Kier alpha value is -3.94. The number of pyridine rings is 1. The van der Waals surface area contributed by atoms with E-state index in [9.17, 15) is 4.79 Å². The molecular formula is C23H29N7O. The summed E-state index contributed by atoms with van der Waals surface area (Å²) in [6, 6.07) is 13.3. The van der Waals surface area contributed by atoms with Gasteiger partial charge < -0.3 is 20.5 Å². The van der Waals surface area contributed by atoms with Crippen LogP contribution in [-0.2, 0) is 0 Å². The van der Waals surface area contributed by atoms with E-state index in [4.69, 9.17) is 0 Å². The molecule has 4 heterocycles. The van der Waals surface area contributed by atoms with Crippen LogP contribution >= 0.6 is 0 Å². The number of nitrogens with one attached hydrogen (secondary N) is 3. The Morgan fingerprint density at radius 3 is 2.87 bits per heavy atom. The number of amides is 2. The maximum Gasteiger partial charge on any atom is 0.323 e. The number of hydrogen-bond donors (Lipinski definition) is 3. The molecule has 0 aliphatic carbocycles. The number of hydrogen-bond acceptors (Lipinski definition) is 5. The minimum absolute atomic E-state index is 0. The second kappa shape index (κ2) is 8.43. The minimum Gasteiger partial charge on any atom is -0.355 e. The van der Waals surface area contributed by atoms with Crippen molar-refractivity contribution >= 4 is 34.3 Å². The van der Waals surface area contributed by atoms with Crippen molar-refractivity contribution in [2.75, 3.05) is 28.6 Å². The van der Waals surface area contributed by atoms with E-state index in [-0.39, 0.29) is 10.3 Å². The van der Waals surface area contributed by atoms with Crippen molar-refractivity contribution in [2.24, 2.45) is 0 Å². The molecule has 0 saturated carbocycles. The summed E-state index contributed by atoms with van der Waals surface area (Å²) >= 11 is 0. The Bertz CT molecular complexity index is 1210. The van der Waals surface area contributed by atoms with Gasteiger partial charge in [0.05, 0.1) is 5.39 Å². The molecule has 8 nitrogen and oxygen atoms in total. The van der Waals surface area contributed by atoms with Gasteiger partial charge in [-0.2, -0.15) is 0 Å². The van der Waals surface area contributed by atoms with E-state index >= 15 is 0 Å². The predicted molar refractivity (Wildman–Crippen MR) is 128 cm³/mol. The van der Waals surface area contributed by atoms with Gasteiger partial charge in [-0.1, -0.05) is 12.1 Å². The molecule has 1 atom stereocenters. The second-order valence-electron chi connectivity index (χ2n) is 7.66. The fourth-order valence-electron chi connectivity index (χ4n) is 4.15. The first-order chi connectivity index (χ1) is 15.3. The number of carbonyl (C=O) groups excluding carboxylic acids is 1. The van der Waals surface area contributed by atoms with Crippen LogP contribution in [-0.4, -0.2) is 39.1 Å². The maximum atomic E-state index is 12.3. The molecule has 1 aliphatic heterocycles. The van der Waals surface area contributed by atoms with Crippen molar-refractivity contribution in [1.29, 1.82) is 0 Å². The van der Waals surface area contributed by atoms with Gasteiger partial charge in [0.1, 0.15) is 17.8 Å². The monoisotopic (exact) mass is 419 g/mol. The molecule has 5 rings (SSSR count). The van der Waals surface area contributed by atoms with Gasteiger partial charge in [-0.15, -0.1) is 0 Å². The minimum atomic E-state index is -0.274. The SMILES string of the molecule is O=C(Nc1ccncc1)Nc1cccc(C2CCCN(c3ncnc4[nH]ccc34)C2)c1.[HH].[HH].[HH]. The number of urea groups is 1. The molecule has 1 saturated heterocycles. The molecule has 3 aromatic heterocycles. The lowest BCUT2D eigenvalue weighted by Gasteiger charge is -2.34. The fraction of sp³-hybridized carbons (Fsp3) is 0.217. The van der Waals surface area contributed by atoms with Gasteiger partial charge in [-0.3, -0.25) is 4.98 Å². The molecule has 1 fully saturated rings. The number of aromatic amines is 1.